The lowest BCUT2D eigenvalue weighted by atomic mass is 9.42. The molecule has 4 fully saturated rings. The number of fused-ring (bicyclic) bond motifs is 5. The Kier molecular flexibility index (Phi) is 13.5. The Bertz CT molecular complexity index is 861. The average molecular weight is 600 g/mol. The van der Waals surface area contributed by atoms with Crippen LogP contribution in [0.2, 0.25) is 0 Å². The number of nitrogens with zero attached hydrogens (tertiary/aromatic N) is 1. The third-order valence-electron chi connectivity index (χ3n) is 13.5. The summed E-state index contributed by atoms with van der Waals surface area (Å²) in [7, 11) is 0. The van der Waals surface area contributed by atoms with Crippen LogP contribution >= 0.6 is 0 Å². The smallest absolute Gasteiger partial charge is 0.222 e. The van der Waals surface area contributed by atoms with Gasteiger partial charge in [-0.05, 0) is 98.2 Å². The van der Waals surface area contributed by atoms with Gasteiger partial charge in [0, 0.05) is 32.4 Å². The number of Topliss-reactive ketones (excluding diaryl/α,β-unsaturated/α-hetero) is 1. The van der Waals surface area contributed by atoms with Crippen molar-refractivity contribution >= 4 is 11.7 Å². The van der Waals surface area contributed by atoms with Crippen LogP contribution in [0.5, 0.6) is 0 Å². The summed E-state index contributed by atoms with van der Waals surface area (Å²) in [4.78, 5) is 27.8. The average Bonchev–Trinajstić information content (AvgIpc) is 3.30. The van der Waals surface area contributed by atoms with E-state index in [9.17, 15) is 14.7 Å². The number of unbranched alkanes of at least 4 members (excludes halogenated alkanes) is 10. The van der Waals surface area contributed by atoms with Gasteiger partial charge in [-0.15, -0.1) is 0 Å². The molecular formula is C39H69NO3. The first-order valence-corrected chi connectivity index (χ1v) is 19.2. The number of amides is 1. The molecule has 0 aliphatic heterocycles. The van der Waals surface area contributed by atoms with E-state index in [0.717, 1.165) is 82.2 Å². The van der Waals surface area contributed by atoms with E-state index in [4.69, 9.17) is 0 Å². The first kappa shape index (κ1) is 35.0. The number of hydrogen-bond acceptors (Lipinski definition) is 3. The second-order valence-corrected chi connectivity index (χ2v) is 16.2. The highest BCUT2D eigenvalue weighted by molar-refractivity contribution is 5.79. The zero-order valence-electron chi connectivity index (χ0n) is 28.9. The highest BCUT2D eigenvalue weighted by atomic mass is 16.3. The standard InChI is InChI=1S/C39H69NO3/c1-5-7-9-16-26-40(27-17-10-8-6-2)36(43)19-15-13-11-12-14-18-30-28-31-29-32(41)22-24-38(31,3)34-23-25-39(4)33(37(30)34)20-21-35(39)42/h30-31,33-35,37,42H,5-29H2,1-4H3/t30?,31?,33-,34+,35?,37-,38-,39-/m0/s1. The van der Waals surface area contributed by atoms with Gasteiger partial charge in [-0.1, -0.05) is 98.3 Å². The summed E-state index contributed by atoms with van der Waals surface area (Å²) in [5, 5.41) is 11.0. The molecule has 0 saturated heterocycles. The number of carbonyl (C=O) groups excluding carboxylic acids is 2. The molecule has 4 aliphatic carbocycles. The number of carbonyl (C=O) groups is 2. The molecule has 0 spiro atoms. The fourth-order valence-electron chi connectivity index (χ4n) is 10.7. The van der Waals surface area contributed by atoms with E-state index in [1.54, 1.807) is 0 Å². The number of hydrogen-bond donors (Lipinski definition) is 1. The van der Waals surface area contributed by atoms with Gasteiger partial charge in [-0.25, -0.2) is 0 Å². The molecule has 0 bridgehead atoms. The summed E-state index contributed by atoms with van der Waals surface area (Å²) >= 11 is 0. The maximum Gasteiger partial charge on any atom is 0.222 e. The summed E-state index contributed by atoms with van der Waals surface area (Å²) in [5.74, 6) is 4.35. The topological polar surface area (TPSA) is 57.6 Å². The van der Waals surface area contributed by atoms with Crippen molar-refractivity contribution in [1.29, 1.82) is 0 Å². The van der Waals surface area contributed by atoms with Gasteiger partial charge in [0.25, 0.3) is 0 Å². The summed E-state index contributed by atoms with van der Waals surface area (Å²) in [6.07, 6.45) is 26.3. The third-order valence-corrected chi connectivity index (χ3v) is 13.5. The lowest BCUT2D eigenvalue weighted by Gasteiger charge is -2.62. The van der Waals surface area contributed by atoms with Crippen molar-refractivity contribution in [3.05, 3.63) is 0 Å². The molecule has 4 nitrogen and oxygen atoms in total. The Balaban J connectivity index is 1.23. The number of ketones is 1. The summed E-state index contributed by atoms with van der Waals surface area (Å²) < 4.78 is 0. The van der Waals surface area contributed by atoms with E-state index in [2.05, 4.69) is 32.6 Å². The Labute approximate surface area is 265 Å². The van der Waals surface area contributed by atoms with Gasteiger partial charge in [-0.3, -0.25) is 9.59 Å². The van der Waals surface area contributed by atoms with Crippen molar-refractivity contribution in [2.75, 3.05) is 13.1 Å². The van der Waals surface area contributed by atoms with Crippen molar-refractivity contribution < 1.29 is 14.7 Å². The van der Waals surface area contributed by atoms with Gasteiger partial charge in [0.15, 0.2) is 0 Å². The molecule has 4 saturated carbocycles. The maximum atomic E-state index is 13.1. The van der Waals surface area contributed by atoms with Crippen molar-refractivity contribution in [3.63, 3.8) is 0 Å². The minimum Gasteiger partial charge on any atom is -0.393 e. The predicted molar refractivity (Wildman–Crippen MR) is 179 cm³/mol. The summed E-state index contributed by atoms with van der Waals surface area (Å²) in [6, 6.07) is 0. The molecule has 0 heterocycles. The van der Waals surface area contributed by atoms with Gasteiger partial charge in [0.05, 0.1) is 6.10 Å². The van der Waals surface area contributed by atoms with Crippen LogP contribution in [-0.2, 0) is 9.59 Å². The zero-order valence-corrected chi connectivity index (χ0v) is 28.9. The van der Waals surface area contributed by atoms with E-state index in [0.29, 0.717) is 28.9 Å². The molecule has 43 heavy (non-hydrogen) atoms. The van der Waals surface area contributed by atoms with Crippen LogP contribution in [0.15, 0.2) is 0 Å². The van der Waals surface area contributed by atoms with Crippen molar-refractivity contribution in [3.8, 4) is 0 Å². The molecular weight excluding hydrogens is 530 g/mol. The largest absolute Gasteiger partial charge is 0.393 e. The highest BCUT2D eigenvalue weighted by Crippen LogP contribution is 2.67. The zero-order chi connectivity index (χ0) is 30.9. The lowest BCUT2D eigenvalue weighted by Crippen LogP contribution is -2.57. The second kappa shape index (κ2) is 16.6. The SMILES string of the molecule is CCCCCCN(CCCCCC)C(=O)CCCCCCCC1CC2CC(=O)CC[C@]2(C)[C@@H]2CC[C@]3(C)C(O)CC[C@H]3[C@H]12. The minimum absolute atomic E-state index is 0.111. The Hall–Kier alpha value is -0.900. The minimum atomic E-state index is -0.121. The van der Waals surface area contributed by atoms with Gasteiger partial charge in [0.1, 0.15) is 5.78 Å². The lowest BCUT2D eigenvalue weighted by molar-refractivity contribution is -0.156. The van der Waals surface area contributed by atoms with E-state index in [-0.39, 0.29) is 11.5 Å². The molecule has 0 aromatic heterocycles. The fourth-order valence-corrected chi connectivity index (χ4v) is 10.7. The Morgan fingerprint density at radius 1 is 0.791 bits per heavy atom. The van der Waals surface area contributed by atoms with Crippen LogP contribution in [0.3, 0.4) is 0 Å². The first-order chi connectivity index (χ1) is 20.7. The van der Waals surface area contributed by atoms with E-state index >= 15 is 0 Å². The molecule has 1 amide bonds. The van der Waals surface area contributed by atoms with Crippen LogP contribution in [-0.4, -0.2) is 40.9 Å². The monoisotopic (exact) mass is 600 g/mol. The van der Waals surface area contributed by atoms with E-state index in [1.807, 2.05) is 0 Å². The normalized spacial score (nSPS) is 35.3. The van der Waals surface area contributed by atoms with Gasteiger partial charge in [0.2, 0.25) is 5.91 Å². The summed E-state index contributed by atoms with van der Waals surface area (Å²) in [5.41, 5.74) is 0.440. The van der Waals surface area contributed by atoms with Crippen molar-refractivity contribution in [1.82, 2.24) is 4.90 Å². The van der Waals surface area contributed by atoms with Gasteiger partial charge < -0.3 is 10.0 Å². The molecule has 4 aliphatic rings. The molecule has 0 radical (unpaired) electrons. The highest BCUT2D eigenvalue weighted by Gasteiger charge is 2.62. The van der Waals surface area contributed by atoms with Gasteiger partial charge in [-0.2, -0.15) is 0 Å². The quantitative estimate of drug-likeness (QED) is 0.160. The van der Waals surface area contributed by atoms with Crippen molar-refractivity contribution in [2.24, 2.45) is 40.4 Å². The number of aliphatic hydroxyl groups excluding tert-OH is 1. The maximum absolute atomic E-state index is 13.1. The second-order valence-electron chi connectivity index (χ2n) is 16.2. The van der Waals surface area contributed by atoms with E-state index < -0.39 is 0 Å². The predicted octanol–water partition coefficient (Wildman–Crippen LogP) is 9.91. The Morgan fingerprint density at radius 2 is 1.42 bits per heavy atom. The molecule has 248 valence electrons. The molecule has 1 N–H and O–H groups in total. The van der Waals surface area contributed by atoms with Crippen LogP contribution in [0.25, 0.3) is 0 Å². The number of rotatable bonds is 18. The van der Waals surface area contributed by atoms with Crippen molar-refractivity contribution in [2.45, 2.75) is 181 Å². The molecule has 3 unspecified atom stereocenters. The number of aliphatic hydroxyl groups is 1. The van der Waals surface area contributed by atoms with Crippen LogP contribution in [0.1, 0.15) is 175 Å². The third kappa shape index (κ3) is 8.48. The first-order valence-electron chi connectivity index (χ1n) is 19.2. The molecule has 4 rings (SSSR count). The molecule has 8 atom stereocenters. The molecule has 4 heteroatoms. The van der Waals surface area contributed by atoms with Crippen LogP contribution in [0.4, 0.5) is 0 Å². The Morgan fingerprint density at radius 3 is 2.12 bits per heavy atom. The van der Waals surface area contributed by atoms with E-state index in [1.165, 1.54) is 96.3 Å². The summed E-state index contributed by atoms with van der Waals surface area (Å²) in [6.45, 7) is 11.4. The fraction of sp³-hybridized carbons (Fsp3) is 0.949. The molecule has 0 aromatic rings. The molecule has 0 aromatic carbocycles. The van der Waals surface area contributed by atoms with Crippen LogP contribution in [0, 0.1) is 40.4 Å². The van der Waals surface area contributed by atoms with Gasteiger partial charge >= 0.3 is 0 Å². The van der Waals surface area contributed by atoms with Crippen LogP contribution < -0.4 is 0 Å².